The Hall–Kier alpha value is -5.31. The van der Waals surface area contributed by atoms with E-state index in [-0.39, 0.29) is 29.3 Å². The van der Waals surface area contributed by atoms with Crippen LogP contribution in [0.2, 0.25) is 0 Å². The molecule has 0 fully saturated rings. The number of benzene rings is 3. The highest BCUT2D eigenvalue weighted by molar-refractivity contribution is 6.15. The number of carboxylic acids is 1. The quantitative estimate of drug-likeness (QED) is 0.187. The summed E-state index contributed by atoms with van der Waals surface area (Å²) in [6, 6.07) is 18.3. The molecule has 4 aromatic rings. The smallest absolute Gasteiger partial charge is 0.335 e. The lowest BCUT2D eigenvalue weighted by Gasteiger charge is -2.24. The van der Waals surface area contributed by atoms with Gasteiger partial charge in [0.05, 0.1) is 37.7 Å². The number of carboxylic acid groups (broad SMARTS) is 1. The molecule has 0 spiro atoms. The Kier molecular flexibility index (Phi) is 6.11. The van der Waals surface area contributed by atoms with Gasteiger partial charge in [-0.05, 0) is 48.5 Å². The first-order valence-electron chi connectivity index (χ1n) is 12.3. The molecular formula is C31H22O9. The molecule has 0 saturated heterocycles. The van der Waals surface area contributed by atoms with Gasteiger partial charge in [-0.1, -0.05) is 24.3 Å². The number of allylic oxidation sites excluding steroid dienone is 1. The molecular weight excluding hydrogens is 516 g/mol. The van der Waals surface area contributed by atoms with Crippen LogP contribution in [0.15, 0.2) is 76.9 Å². The van der Waals surface area contributed by atoms with E-state index in [1.165, 1.54) is 26.4 Å². The summed E-state index contributed by atoms with van der Waals surface area (Å²) in [5.41, 5.74) is 2.31. The lowest BCUT2D eigenvalue weighted by Crippen LogP contribution is -2.21. The number of hydrogen-bond acceptors (Lipinski definition) is 8. The van der Waals surface area contributed by atoms with Gasteiger partial charge in [0.15, 0.2) is 17.3 Å². The van der Waals surface area contributed by atoms with E-state index in [1.54, 1.807) is 60.7 Å². The summed E-state index contributed by atoms with van der Waals surface area (Å²) in [5.74, 6) is 0.266. The highest BCUT2D eigenvalue weighted by Gasteiger charge is 2.39. The number of methoxy groups -OCH3 is 2. The molecule has 0 saturated carbocycles. The van der Waals surface area contributed by atoms with Gasteiger partial charge in [-0.3, -0.25) is 9.59 Å². The van der Waals surface area contributed by atoms with Crippen molar-refractivity contribution in [2.75, 3.05) is 14.2 Å². The van der Waals surface area contributed by atoms with Gasteiger partial charge in [0.1, 0.15) is 23.0 Å². The van der Waals surface area contributed by atoms with Crippen molar-refractivity contribution in [2.45, 2.75) is 12.3 Å². The number of para-hydroxylation sites is 1. The summed E-state index contributed by atoms with van der Waals surface area (Å²) >= 11 is 0. The lowest BCUT2D eigenvalue weighted by atomic mass is 9.88. The van der Waals surface area contributed by atoms with Gasteiger partial charge in [-0.2, -0.15) is 0 Å². The molecule has 200 valence electrons. The zero-order chi connectivity index (χ0) is 28.0. The highest BCUT2D eigenvalue weighted by Crippen LogP contribution is 2.49. The van der Waals surface area contributed by atoms with Crippen molar-refractivity contribution < 1.29 is 42.9 Å². The Morgan fingerprint density at radius 2 is 1.75 bits per heavy atom. The van der Waals surface area contributed by atoms with E-state index >= 15 is 0 Å². The number of aromatic carboxylic acids is 1. The number of esters is 1. The van der Waals surface area contributed by atoms with Gasteiger partial charge in [-0.15, -0.1) is 0 Å². The maximum atomic E-state index is 13.4. The van der Waals surface area contributed by atoms with Gasteiger partial charge < -0.3 is 28.5 Å². The third-order valence-corrected chi connectivity index (χ3v) is 6.89. The Morgan fingerprint density at radius 1 is 0.950 bits per heavy atom. The summed E-state index contributed by atoms with van der Waals surface area (Å²) in [6.45, 7) is 0. The van der Waals surface area contributed by atoms with E-state index in [0.717, 1.165) is 0 Å². The van der Waals surface area contributed by atoms with Crippen LogP contribution >= 0.6 is 0 Å². The molecule has 40 heavy (non-hydrogen) atoms. The van der Waals surface area contributed by atoms with E-state index in [4.69, 9.17) is 28.5 Å². The monoisotopic (exact) mass is 538 g/mol. The predicted molar refractivity (Wildman–Crippen MR) is 142 cm³/mol. The molecule has 2 aliphatic rings. The molecule has 0 amide bonds. The number of ether oxygens (including phenoxy) is 4. The fourth-order valence-corrected chi connectivity index (χ4v) is 4.99. The van der Waals surface area contributed by atoms with E-state index in [1.807, 2.05) is 0 Å². The number of fused-ring (bicyclic) bond motifs is 3. The minimum atomic E-state index is -1.02. The van der Waals surface area contributed by atoms with Gasteiger partial charge in [0.25, 0.3) is 0 Å². The topological polar surface area (TPSA) is 122 Å². The third-order valence-electron chi connectivity index (χ3n) is 6.89. The number of ketones is 1. The first-order valence-corrected chi connectivity index (χ1v) is 12.3. The first-order chi connectivity index (χ1) is 19.4. The maximum Gasteiger partial charge on any atom is 0.335 e. The van der Waals surface area contributed by atoms with Crippen molar-refractivity contribution in [2.24, 2.45) is 0 Å². The molecule has 1 atom stereocenters. The molecule has 6 rings (SSSR count). The largest absolute Gasteiger partial charge is 0.493 e. The Bertz CT molecular complexity index is 1710. The van der Waals surface area contributed by atoms with E-state index in [2.05, 4.69) is 0 Å². The summed E-state index contributed by atoms with van der Waals surface area (Å²) in [4.78, 5) is 37.1. The molecule has 2 aliphatic heterocycles. The number of hydrogen-bond donors (Lipinski definition) is 1. The molecule has 0 aliphatic carbocycles. The van der Waals surface area contributed by atoms with Crippen LogP contribution in [0.25, 0.3) is 17.4 Å². The second-order valence-electron chi connectivity index (χ2n) is 9.19. The normalized spacial score (nSPS) is 16.6. The van der Waals surface area contributed by atoms with E-state index < -0.39 is 17.9 Å². The van der Waals surface area contributed by atoms with Crippen LogP contribution in [0.5, 0.6) is 23.0 Å². The first kappa shape index (κ1) is 25.0. The van der Waals surface area contributed by atoms with Crippen LogP contribution in [0, 0.1) is 0 Å². The molecule has 0 radical (unpaired) electrons. The highest BCUT2D eigenvalue weighted by atomic mass is 16.5. The lowest BCUT2D eigenvalue weighted by molar-refractivity contribution is -0.135. The number of Topliss-reactive ketones (excluding diaryl/α,β-unsaturated/α-hetero) is 1. The minimum absolute atomic E-state index is 0.0192. The standard InChI is InChI=1S/C31H22O9/c1-36-24-5-3-4-18(29(24)37-2)14-25-28(33)19-10-11-23-27(30(19)40-25)20(15-26(32)39-23)22-13-12-21(38-22)16-6-8-17(9-7-16)31(34)35/h3-14,20H,15H2,1-2H3,(H,34,35)/b25-14-. The second kappa shape index (κ2) is 9.77. The zero-order valence-electron chi connectivity index (χ0n) is 21.4. The summed E-state index contributed by atoms with van der Waals surface area (Å²) in [6.07, 6.45) is 1.57. The molecule has 1 aromatic heterocycles. The second-order valence-corrected chi connectivity index (χ2v) is 9.19. The van der Waals surface area contributed by atoms with Gasteiger partial charge in [-0.25, -0.2) is 4.79 Å². The van der Waals surface area contributed by atoms with Crippen molar-refractivity contribution in [3.8, 4) is 34.3 Å². The van der Waals surface area contributed by atoms with Crippen molar-refractivity contribution in [3.05, 3.63) is 101 Å². The molecule has 3 heterocycles. The number of carbonyl (C=O) groups excluding carboxylic acids is 2. The van der Waals surface area contributed by atoms with Gasteiger partial charge in [0, 0.05) is 16.7 Å². The maximum absolute atomic E-state index is 13.4. The summed E-state index contributed by atoms with van der Waals surface area (Å²) in [7, 11) is 3.04. The fraction of sp³-hybridized carbons (Fsp3) is 0.129. The van der Waals surface area contributed by atoms with E-state index in [9.17, 15) is 14.4 Å². The molecule has 3 aromatic carbocycles. The van der Waals surface area contributed by atoms with Crippen LogP contribution in [-0.2, 0) is 4.79 Å². The zero-order valence-corrected chi connectivity index (χ0v) is 21.4. The summed E-state index contributed by atoms with van der Waals surface area (Å²) < 4.78 is 28.6. The van der Waals surface area contributed by atoms with Crippen molar-refractivity contribution >= 4 is 23.8 Å². The SMILES string of the molecule is COc1cccc(/C=C2\Oc3c(ccc4c3C(c3ccc(-c5ccc(C(=O)O)cc5)o3)CC(=O)O4)C2=O)c1OC. The van der Waals surface area contributed by atoms with Crippen LogP contribution in [0.1, 0.15) is 49.9 Å². The van der Waals surface area contributed by atoms with Crippen molar-refractivity contribution in [3.63, 3.8) is 0 Å². The summed E-state index contributed by atoms with van der Waals surface area (Å²) in [5, 5.41) is 9.17. The van der Waals surface area contributed by atoms with Gasteiger partial charge >= 0.3 is 11.9 Å². The van der Waals surface area contributed by atoms with Crippen molar-refractivity contribution in [1.82, 2.24) is 0 Å². The number of rotatable bonds is 6. The Morgan fingerprint density at radius 3 is 2.48 bits per heavy atom. The Balaban J connectivity index is 1.39. The van der Waals surface area contributed by atoms with Crippen LogP contribution in [0.4, 0.5) is 0 Å². The van der Waals surface area contributed by atoms with Crippen LogP contribution < -0.4 is 18.9 Å². The third kappa shape index (κ3) is 4.17. The molecule has 9 nitrogen and oxygen atoms in total. The fourth-order valence-electron chi connectivity index (χ4n) is 4.99. The molecule has 1 N–H and O–H groups in total. The average Bonchev–Trinajstić information content (AvgIpc) is 3.57. The number of carbonyl (C=O) groups is 3. The molecule has 0 bridgehead atoms. The molecule has 9 heteroatoms. The average molecular weight is 539 g/mol. The van der Waals surface area contributed by atoms with E-state index in [0.29, 0.717) is 51.0 Å². The number of furan rings is 1. The van der Waals surface area contributed by atoms with Crippen LogP contribution in [-0.4, -0.2) is 37.0 Å². The van der Waals surface area contributed by atoms with Crippen molar-refractivity contribution in [1.29, 1.82) is 0 Å². The minimum Gasteiger partial charge on any atom is -0.493 e. The molecule has 1 unspecified atom stereocenters. The van der Waals surface area contributed by atoms with Gasteiger partial charge in [0.2, 0.25) is 5.78 Å². The van der Waals surface area contributed by atoms with Crippen LogP contribution in [0.3, 0.4) is 0 Å². The predicted octanol–water partition coefficient (Wildman–Crippen LogP) is 5.72. The Labute approximate surface area is 228 Å².